The highest BCUT2D eigenvalue weighted by Crippen LogP contribution is 2.18. The second-order valence-corrected chi connectivity index (χ2v) is 6.56. The van der Waals surface area contributed by atoms with E-state index in [4.69, 9.17) is 0 Å². The molecule has 3 rings (SSSR count). The van der Waals surface area contributed by atoms with Gasteiger partial charge in [0.2, 0.25) is 5.91 Å². The second kappa shape index (κ2) is 7.12. The van der Waals surface area contributed by atoms with Crippen LogP contribution in [0.15, 0.2) is 11.6 Å². The van der Waals surface area contributed by atoms with Crippen LogP contribution in [-0.4, -0.2) is 30.5 Å². The van der Waals surface area contributed by atoms with Gasteiger partial charge in [0.25, 0.3) is 0 Å². The summed E-state index contributed by atoms with van der Waals surface area (Å²) >= 11 is 1.63. The van der Waals surface area contributed by atoms with Crippen molar-refractivity contribution in [2.75, 3.05) is 0 Å². The van der Waals surface area contributed by atoms with Crippen LogP contribution in [0.5, 0.6) is 0 Å². The summed E-state index contributed by atoms with van der Waals surface area (Å²) in [5.41, 5.74) is 3.90. The molecule has 0 aliphatic rings. The third-order valence-electron chi connectivity index (χ3n) is 3.93. The topological polar surface area (TPSA) is 77.6 Å². The first-order chi connectivity index (χ1) is 11.6. The van der Waals surface area contributed by atoms with Gasteiger partial charge in [-0.3, -0.25) is 14.2 Å². The van der Waals surface area contributed by atoms with Gasteiger partial charge in [0.05, 0.1) is 35.7 Å². The summed E-state index contributed by atoms with van der Waals surface area (Å²) in [7, 11) is 0. The van der Waals surface area contributed by atoms with Crippen molar-refractivity contribution in [2.24, 2.45) is 0 Å². The Morgan fingerprint density at radius 2 is 2.17 bits per heavy atom. The second-order valence-electron chi connectivity index (χ2n) is 5.62. The molecule has 0 bridgehead atoms. The molecule has 0 aliphatic heterocycles. The first-order valence-electron chi connectivity index (χ1n) is 8.21. The number of aryl methyl sites for hydroxylation is 4. The third-order valence-corrected chi connectivity index (χ3v) is 4.97. The SMILES string of the molecule is CCc1nc(CNC(=O)CCn2ncc3c2c(C)nn3CC)cs1. The van der Waals surface area contributed by atoms with Crippen molar-refractivity contribution in [3.8, 4) is 0 Å². The minimum Gasteiger partial charge on any atom is -0.350 e. The molecule has 24 heavy (non-hydrogen) atoms. The van der Waals surface area contributed by atoms with Crippen LogP contribution in [-0.2, 0) is 30.8 Å². The van der Waals surface area contributed by atoms with Gasteiger partial charge in [-0.05, 0) is 20.3 Å². The third kappa shape index (κ3) is 3.33. The first-order valence-corrected chi connectivity index (χ1v) is 9.09. The maximum absolute atomic E-state index is 12.1. The van der Waals surface area contributed by atoms with Gasteiger partial charge in [-0.2, -0.15) is 10.2 Å². The fraction of sp³-hybridized carbons (Fsp3) is 0.500. The Kier molecular flexibility index (Phi) is 4.94. The maximum Gasteiger partial charge on any atom is 0.222 e. The van der Waals surface area contributed by atoms with Gasteiger partial charge in [-0.1, -0.05) is 6.92 Å². The summed E-state index contributed by atoms with van der Waals surface area (Å²) in [6.07, 6.45) is 3.13. The number of fused-ring (bicyclic) bond motifs is 1. The van der Waals surface area contributed by atoms with Gasteiger partial charge in [0, 0.05) is 18.3 Å². The van der Waals surface area contributed by atoms with Crippen LogP contribution >= 0.6 is 11.3 Å². The molecule has 3 aromatic rings. The van der Waals surface area contributed by atoms with Crippen LogP contribution in [0.25, 0.3) is 11.0 Å². The number of aromatic nitrogens is 5. The number of nitrogens with one attached hydrogen (secondary N) is 1. The Morgan fingerprint density at radius 1 is 1.33 bits per heavy atom. The highest BCUT2D eigenvalue weighted by Gasteiger charge is 2.13. The lowest BCUT2D eigenvalue weighted by atomic mass is 10.3. The smallest absolute Gasteiger partial charge is 0.222 e. The predicted octanol–water partition coefficient (Wildman–Crippen LogP) is 2.29. The minimum absolute atomic E-state index is 0.00485. The number of nitrogens with zero attached hydrogens (tertiary/aromatic N) is 5. The lowest BCUT2D eigenvalue weighted by Crippen LogP contribution is -2.24. The van der Waals surface area contributed by atoms with Crippen molar-refractivity contribution in [1.29, 1.82) is 0 Å². The Bertz CT molecular complexity index is 846. The highest BCUT2D eigenvalue weighted by molar-refractivity contribution is 7.09. The van der Waals surface area contributed by atoms with E-state index in [9.17, 15) is 4.79 Å². The molecular formula is C16H22N6OS. The average molecular weight is 346 g/mol. The number of hydrogen-bond donors (Lipinski definition) is 1. The number of rotatable bonds is 7. The summed E-state index contributed by atoms with van der Waals surface area (Å²) in [5, 5.41) is 14.9. The van der Waals surface area contributed by atoms with E-state index >= 15 is 0 Å². The van der Waals surface area contributed by atoms with Gasteiger partial charge in [-0.25, -0.2) is 4.98 Å². The summed E-state index contributed by atoms with van der Waals surface area (Å²) in [5.74, 6) is 0.00485. The van der Waals surface area contributed by atoms with Crippen molar-refractivity contribution in [1.82, 2.24) is 29.9 Å². The molecule has 0 atom stereocenters. The van der Waals surface area contributed by atoms with Crippen LogP contribution in [0.3, 0.4) is 0 Å². The first kappa shape index (κ1) is 16.6. The van der Waals surface area contributed by atoms with E-state index in [1.807, 2.05) is 27.9 Å². The zero-order valence-corrected chi connectivity index (χ0v) is 15.1. The van der Waals surface area contributed by atoms with E-state index < -0.39 is 0 Å². The van der Waals surface area contributed by atoms with Crippen molar-refractivity contribution < 1.29 is 4.79 Å². The van der Waals surface area contributed by atoms with Gasteiger partial charge in [0.15, 0.2) is 0 Å². The van der Waals surface area contributed by atoms with E-state index in [1.165, 1.54) is 0 Å². The van der Waals surface area contributed by atoms with E-state index in [1.54, 1.807) is 11.3 Å². The molecule has 0 saturated heterocycles. The van der Waals surface area contributed by atoms with Crippen LogP contribution < -0.4 is 5.32 Å². The van der Waals surface area contributed by atoms with Crippen molar-refractivity contribution in [2.45, 2.75) is 53.2 Å². The molecule has 0 fully saturated rings. The zero-order chi connectivity index (χ0) is 17.1. The summed E-state index contributed by atoms with van der Waals surface area (Å²) < 4.78 is 3.79. The Balaban J connectivity index is 1.57. The average Bonchev–Trinajstić information content (AvgIpc) is 3.28. The van der Waals surface area contributed by atoms with Crippen molar-refractivity contribution in [3.05, 3.63) is 28.0 Å². The summed E-state index contributed by atoms with van der Waals surface area (Å²) in [6, 6.07) is 0. The van der Waals surface area contributed by atoms with Crippen molar-refractivity contribution in [3.63, 3.8) is 0 Å². The molecule has 0 unspecified atom stereocenters. The highest BCUT2D eigenvalue weighted by atomic mass is 32.1. The van der Waals surface area contributed by atoms with Crippen LogP contribution in [0.1, 0.15) is 36.7 Å². The van der Waals surface area contributed by atoms with Crippen LogP contribution in [0.4, 0.5) is 0 Å². The van der Waals surface area contributed by atoms with E-state index in [-0.39, 0.29) is 5.91 Å². The molecular weight excluding hydrogens is 324 g/mol. The maximum atomic E-state index is 12.1. The molecule has 1 amide bonds. The predicted molar refractivity (Wildman–Crippen MR) is 93.9 cm³/mol. The summed E-state index contributed by atoms with van der Waals surface area (Å²) in [4.78, 5) is 16.5. The summed E-state index contributed by atoms with van der Waals surface area (Å²) in [6.45, 7) is 7.94. The van der Waals surface area contributed by atoms with E-state index in [0.29, 0.717) is 19.5 Å². The van der Waals surface area contributed by atoms with E-state index in [2.05, 4.69) is 34.3 Å². The number of hydrogen-bond acceptors (Lipinski definition) is 5. The number of carbonyl (C=O) groups excluding carboxylic acids is 1. The monoisotopic (exact) mass is 346 g/mol. The molecule has 0 radical (unpaired) electrons. The molecule has 0 aromatic carbocycles. The standard InChI is InChI=1S/C16H22N6OS/c1-4-15-19-12(10-24-15)8-17-14(23)6-7-22-16-11(3)20-21(5-2)13(16)9-18-22/h9-10H,4-8H2,1-3H3,(H,17,23). The number of thiazole rings is 1. The molecule has 3 heterocycles. The van der Waals surface area contributed by atoms with Crippen molar-refractivity contribution >= 4 is 28.3 Å². The normalized spacial score (nSPS) is 11.3. The Labute approximate surface area is 144 Å². The Hall–Kier alpha value is -2.22. The van der Waals surface area contributed by atoms with Crippen LogP contribution in [0, 0.1) is 6.92 Å². The number of carbonyl (C=O) groups is 1. The molecule has 3 aromatic heterocycles. The largest absolute Gasteiger partial charge is 0.350 e. The molecule has 0 spiro atoms. The minimum atomic E-state index is 0.00485. The van der Waals surface area contributed by atoms with Gasteiger partial charge in [0.1, 0.15) is 11.0 Å². The quantitative estimate of drug-likeness (QED) is 0.712. The van der Waals surface area contributed by atoms with Gasteiger partial charge < -0.3 is 5.32 Å². The fourth-order valence-corrected chi connectivity index (χ4v) is 3.45. The molecule has 8 heteroatoms. The number of amides is 1. The molecule has 0 aliphatic carbocycles. The lowest BCUT2D eigenvalue weighted by molar-refractivity contribution is -0.121. The van der Waals surface area contributed by atoms with Gasteiger partial charge >= 0.3 is 0 Å². The molecule has 128 valence electrons. The molecule has 1 N–H and O–H groups in total. The zero-order valence-electron chi connectivity index (χ0n) is 14.2. The van der Waals surface area contributed by atoms with Crippen LogP contribution in [0.2, 0.25) is 0 Å². The lowest BCUT2D eigenvalue weighted by Gasteiger charge is -2.04. The Morgan fingerprint density at radius 3 is 2.88 bits per heavy atom. The molecule has 0 saturated carbocycles. The fourth-order valence-electron chi connectivity index (χ4n) is 2.71. The van der Waals surface area contributed by atoms with E-state index in [0.717, 1.165) is 40.4 Å². The van der Waals surface area contributed by atoms with Gasteiger partial charge in [-0.15, -0.1) is 11.3 Å². The molecule has 7 nitrogen and oxygen atoms in total.